The first-order valence-corrected chi connectivity index (χ1v) is 6.67. The second kappa shape index (κ2) is 5.54. The Morgan fingerprint density at radius 2 is 2.17 bits per heavy atom. The van der Waals surface area contributed by atoms with E-state index >= 15 is 0 Å². The van der Waals surface area contributed by atoms with Crippen molar-refractivity contribution in [3.05, 3.63) is 35.5 Å². The van der Waals surface area contributed by atoms with Gasteiger partial charge in [0, 0.05) is 11.1 Å². The summed E-state index contributed by atoms with van der Waals surface area (Å²) in [7, 11) is 0. The normalized spacial score (nSPS) is 12.7. The van der Waals surface area contributed by atoms with Crippen molar-refractivity contribution in [2.75, 3.05) is 0 Å². The van der Waals surface area contributed by atoms with Gasteiger partial charge in [-0.2, -0.15) is 0 Å². The zero-order valence-electron chi connectivity index (χ0n) is 10.7. The van der Waals surface area contributed by atoms with Crippen LogP contribution in [0.15, 0.2) is 32.9 Å². The number of aromatic nitrogens is 2. The van der Waals surface area contributed by atoms with Crippen LogP contribution in [0, 0.1) is 13.8 Å². The van der Waals surface area contributed by atoms with Crippen molar-refractivity contribution >= 4 is 11.8 Å². The van der Waals surface area contributed by atoms with Gasteiger partial charge in [-0.3, -0.25) is 4.98 Å². The van der Waals surface area contributed by atoms with E-state index in [9.17, 15) is 5.11 Å². The average molecular weight is 264 g/mol. The summed E-state index contributed by atoms with van der Waals surface area (Å²) >= 11 is 1.43. The van der Waals surface area contributed by atoms with Crippen molar-refractivity contribution in [1.82, 2.24) is 9.97 Å². The number of nitrogens with zero attached hydrogens (tertiary/aromatic N) is 2. The molecule has 1 atom stereocenters. The van der Waals surface area contributed by atoms with Crippen LogP contribution < -0.4 is 0 Å². The van der Waals surface area contributed by atoms with Crippen molar-refractivity contribution in [1.29, 1.82) is 0 Å². The van der Waals surface area contributed by atoms with E-state index in [0.29, 0.717) is 17.3 Å². The van der Waals surface area contributed by atoms with Crippen LogP contribution in [0.3, 0.4) is 0 Å². The minimum atomic E-state index is -0.490. The molecule has 0 amide bonds. The van der Waals surface area contributed by atoms with Crippen LogP contribution in [0.1, 0.15) is 36.6 Å². The SMILES string of the molecule is CCC(O)c1ccc(Sc2nc(C)c(C)o2)cn1. The zero-order valence-corrected chi connectivity index (χ0v) is 11.5. The summed E-state index contributed by atoms with van der Waals surface area (Å²) < 4.78 is 5.49. The van der Waals surface area contributed by atoms with Crippen molar-refractivity contribution in [2.45, 2.75) is 43.4 Å². The van der Waals surface area contributed by atoms with E-state index in [1.54, 1.807) is 6.20 Å². The molecule has 0 aliphatic rings. The molecule has 2 aromatic heterocycles. The fraction of sp³-hybridized carbons (Fsp3) is 0.385. The number of aryl methyl sites for hydroxylation is 2. The van der Waals surface area contributed by atoms with Gasteiger partial charge < -0.3 is 9.52 Å². The maximum atomic E-state index is 9.65. The van der Waals surface area contributed by atoms with Gasteiger partial charge in [0.1, 0.15) is 5.76 Å². The molecule has 0 radical (unpaired) electrons. The lowest BCUT2D eigenvalue weighted by atomic mass is 10.2. The molecule has 0 aliphatic carbocycles. The molecule has 2 heterocycles. The monoisotopic (exact) mass is 264 g/mol. The van der Waals surface area contributed by atoms with Crippen LogP contribution >= 0.6 is 11.8 Å². The highest BCUT2D eigenvalue weighted by Gasteiger charge is 2.09. The molecule has 5 heteroatoms. The van der Waals surface area contributed by atoms with E-state index < -0.39 is 6.10 Å². The van der Waals surface area contributed by atoms with E-state index in [4.69, 9.17) is 4.42 Å². The molecular formula is C13H16N2O2S. The summed E-state index contributed by atoms with van der Waals surface area (Å²) in [6.45, 7) is 5.74. The van der Waals surface area contributed by atoms with E-state index in [2.05, 4.69) is 9.97 Å². The van der Waals surface area contributed by atoms with Crippen molar-refractivity contribution in [3.63, 3.8) is 0 Å². The van der Waals surface area contributed by atoms with E-state index in [-0.39, 0.29) is 0 Å². The Morgan fingerprint density at radius 3 is 2.67 bits per heavy atom. The number of hydrogen-bond acceptors (Lipinski definition) is 5. The van der Waals surface area contributed by atoms with E-state index in [0.717, 1.165) is 16.3 Å². The van der Waals surface area contributed by atoms with Gasteiger partial charge in [0.25, 0.3) is 5.22 Å². The van der Waals surface area contributed by atoms with Crippen LogP contribution in [-0.2, 0) is 0 Å². The number of aliphatic hydroxyl groups excluding tert-OH is 1. The summed E-state index contributed by atoms with van der Waals surface area (Å²) in [5.41, 5.74) is 1.60. The lowest BCUT2D eigenvalue weighted by Gasteiger charge is -2.06. The Labute approximate surface area is 110 Å². The first-order chi connectivity index (χ1) is 8.60. The van der Waals surface area contributed by atoms with Gasteiger partial charge in [-0.05, 0) is 44.2 Å². The molecule has 0 aromatic carbocycles. The molecule has 2 rings (SSSR count). The van der Waals surface area contributed by atoms with Gasteiger partial charge in [0.05, 0.1) is 17.5 Å². The third kappa shape index (κ3) is 2.91. The Morgan fingerprint density at radius 1 is 1.39 bits per heavy atom. The molecule has 4 nitrogen and oxygen atoms in total. The smallest absolute Gasteiger partial charge is 0.261 e. The average Bonchev–Trinajstić information content (AvgIpc) is 2.68. The fourth-order valence-corrected chi connectivity index (χ4v) is 2.24. The highest BCUT2D eigenvalue weighted by atomic mass is 32.2. The number of hydrogen-bond donors (Lipinski definition) is 1. The Hall–Kier alpha value is -1.33. The minimum absolute atomic E-state index is 0.490. The first-order valence-electron chi connectivity index (χ1n) is 5.86. The Balaban J connectivity index is 2.10. The zero-order chi connectivity index (χ0) is 13.1. The summed E-state index contributed by atoms with van der Waals surface area (Å²) in [6.07, 6.45) is 1.90. The standard InChI is InChI=1S/C13H16N2O2S/c1-4-12(16)11-6-5-10(7-14-11)18-13-15-8(2)9(3)17-13/h5-7,12,16H,4H2,1-3H3. The molecule has 0 bridgehead atoms. The van der Waals surface area contributed by atoms with Gasteiger partial charge >= 0.3 is 0 Å². The van der Waals surface area contributed by atoms with Gasteiger partial charge in [0.15, 0.2) is 0 Å². The minimum Gasteiger partial charge on any atom is -0.436 e. The maximum Gasteiger partial charge on any atom is 0.261 e. The van der Waals surface area contributed by atoms with Crippen LogP contribution in [0.2, 0.25) is 0 Å². The van der Waals surface area contributed by atoms with E-state index in [1.165, 1.54) is 11.8 Å². The quantitative estimate of drug-likeness (QED) is 0.918. The third-order valence-corrected chi connectivity index (χ3v) is 3.53. The Bertz CT molecular complexity index is 503. The predicted octanol–water partition coefficient (Wildman–Crippen LogP) is 3.28. The second-order valence-electron chi connectivity index (χ2n) is 4.07. The van der Waals surface area contributed by atoms with Gasteiger partial charge in [-0.25, -0.2) is 4.98 Å². The van der Waals surface area contributed by atoms with Crippen molar-refractivity contribution in [2.24, 2.45) is 0 Å². The first kappa shape index (κ1) is 13.1. The number of oxazole rings is 1. The maximum absolute atomic E-state index is 9.65. The van der Waals surface area contributed by atoms with Crippen LogP contribution in [0.4, 0.5) is 0 Å². The molecule has 2 aromatic rings. The van der Waals surface area contributed by atoms with E-state index in [1.807, 2.05) is 32.9 Å². The largest absolute Gasteiger partial charge is 0.436 e. The van der Waals surface area contributed by atoms with Gasteiger partial charge in [-0.15, -0.1) is 0 Å². The molecule has 0 saturated heterocycles. The van der Waals surface area contributed by atoms with Crippen LogP contribution in [-0.4, -0.2) is 15.1 Å². The number of rotatable bonds is 4. The lowest BCUT2D eigenvalue weighted by Crippen LogP contribution is -1.97. The molecule has 0 spiro atoms. The highest BCUT2D eigenvalue weighted by molar-refractivity contribution is 7.99. The van der Waals surface area contributed by atoms with Crippen LogP contribution in [0.5, 0.6) is 0 Å². The molecule has 0 fully saturated rings. The second-order valence-corrected chi connectivity index (χ2v) is 5.09. The Kier molecular flexibility index (Phi) is 4.04. The fourth-order valence-electron chi connectivity index (χ4n) is 1.45. The number of aliphatic hydroxyl groups is 1. The van der Waals surface area contributed by atoms with Gasteiger partial charge in [0.2, 0.25) is 0 Å². The number of pyridine rings is 1. The predicted molar refractivity (Wildman–Crippen MR) is 69.6 cm³/mol. The van der Waals surface area contributed by atoms with Gasteiger partial charge in [-0.1, -0.05) is 6.92 Å². The topological polar surface area (TPSA) is 59.2 Å². The summed E-state index contributed by atoms with van der Waals surface area (Å²) in [4.78, 5) is 9.48. The molecule has 96 valence electrons. The summed E-state index contributed by atoms with van der Waals surface area (Å²) in [6, 6.07) is 3.75. The highest BCUT2D eigenvalue weighted by Crippen LogP contribution is 2.28. The molecule has 0 saturated carbocycles. The van der Waals surface area contributed by atoms with Crippen molar-refractivity contribution in [3.8, 4) is 0 Å². The lowest BCUT2D eigenvalue weighted by molar-refractivity contribution is 0.169. The van der Waals surface area contributed by atoms with Crippen molar-refractivity contribution < 1.29 is 9.52 Å². The molecular weight excluding hydrogens is 248 g/mol. The van der Waals surface area contributed by atoms with Crippen LogP contribution in [0.25, 0.3) is 0 Å². The molecule has 1 N–H and O–H groups in total. The molecule has 1 unspecified atom stereocenters. The summed E-state index contributed by atoms with van der Waals surface area (Å²) in [5.74, 6) is 0.837. The molecule has 0 aliphatic heterocycles. The summed E-state index contributed by atoms with van der Waals surface area (Å²) in [5, 5.41) is 10.3. The third-order valence-electron chi connectivity index (χ3n) is 2.70. The molecule has 18 heavy (non-hydrogen) atoms.